The van der Waals surface area contributed by atoms with E-state index in [1.165, 1.54) is 6.92 Å². The Morgan fingerprint density at radius 2 is 1.89 bits per heavy atom. The fraction of sp³-hybridized carbons (Fsp3) is 0.500. The van der Waals surface area contributed by atoms with E-state index in [2.05, 4.69) is 15.5 Å². The molecule has 2 atom stereocenters. The van der Waals surface area contributed by atoms with Crippen molar-refractivity contribution in [2.24, 2.45) is 0 Å². The van der Waals surface area contributed by atoms with Crippen molar-refractivity contribution < 1.29 is 24.1 Å². The number of aliphatic hydroxyl groups is 1. The third kappa shape index (κ3) is 5.83. The molecule has 1 unspecified atom stereocenters. The van der Waals surface area contributed by atoms with Gasteiger partial charge in [-0.05, 0) is 67.1 Å². The van der Waals surface area contributed by atoms with Gasteiger partial charge in [0, 0.05) is 32.1 Å². The molecule has 2 aromatic carbocycles. The first kappa shape index (κ1) is 26.8. The van der Waals surface area contributed by atoms with Gasteiger partial charge in [-0.2, -0.15) is 0 Å². The molecule has 1 saturated heterocycles. The summed E-state index contributed by atoms with van der Waals surface area (Å²) in [5.74, 6) is 1.40. The number of β-amino-alcohol motifs (C(OH)–C–C–N with tert-alkyl or cyclic N) is 1. The van der Waals surface area contributed by atoms with Gasteiger partial charge in [0.2, 0.25) is 17.1 Å². The number of anilines is 1. The summed E-state index contributed by atoms with van der Waals surface area (Å²) in [6, 6.07) is 6.92. The quantitative estimate of drug-likeness (QED) is 0.497. The van der Waals surface area contributed by atoms with Crippen LogP contribution in [0.15, 0.2) is 29.1 Å². The highest BCUT2D eigenvalue weighted by Crippen LogP contribution is 2.50. The standard InChI is InChI=1S/C28H37N3O6/c1-17(32)30-22-9-7-18-14-25(35-2)27(36-3)28(37-4)26(18)20-8-10-23(24(34)15-21(20)22)29-11-13-31-12-5-6-19(33)16-31/h8,10,14-15,19,22,33H,5-7,9,11-13,16H2,1-4H3,(H,29,34)(H,30,32)/t19?,22-/m0/s1. The molecule has 37 heavy (non-hydrogen) atoms. The molecular weight excluding hydrogens is 474 g/mol. The number of nitrogens with zero attached hydrogens (tertiary/aromatic N) is 1. The fourth-order valence-electron chi connectivity index (χ4n) is 5.44. The van der Waals surface area contributed by atoms with Crippen LogP contribution in [0.4, 0.5) is 5.69 Å². The average molecular weight is 512 g/mol. The lowest BCUT2D eigenvalue weighted by Crippen LogP contribution is -2.40. The second-order valence-electron chi connectivity index (χ2n) is 9.62. The number of rotatable bonds is 8. The maximum absolute atomic E-state index is 13.4. The number of aryl methyl sites for hydroxylation is 1. The third-order valence-corrected chi connectivity index (χ3v) is 7.14. The van der Waals surface area contributed by atoms with Gasteiger partial charge in [0.05, 0.1) is 39.2 Å². The average Bonchev–Trinajstić information content (AvgIpc) is 3.11. The first-order valence-corrected chi connectivity index (χ1v) is 12.8. The molecule has 1 heterocycles. The maximum Gasteiger partial charge on any atom is 0.217 e. The Morgan fingerprint density at radius 3 is 2.57 bits per heavy atom. The minimum absolute atomic E-state index is 0.154. The van der Waals surface area contributed by atoms with Crippen LogP contribution in [0.2, 0.25) is 0 Å². The SMILES string of the molecule is COc1cc2c(c(OC)c1OC)-c1ccc(NCCN3CCCC(O)C3)c(=O)cc1[C@@H](NC(C)=O)CC2. The Labute approximate surface area is 217 Å². The molecule has 0 aromatic heterocycles. The zero-order valence-corrected chi connectivity index (χ0v) is 22.1. The number of ether oxygens (including phenoxy) is 3. The van der Waals surface area contributed by atoms with Crippen molar-refractivity contribution in [3.63, 3.8) is 0 Å². The van der Waals surface area contributed by atoms with Gasteiger partial charge < -0.3 is 30.0 Å². The van der Waals surface area contributed by atoms with Crippen molar-refractivity contribution in [2.45, 2.75) is 44.8 Å². The van der Waals surface area contributed by atoms with E-state index in [0.717, 1.165) is 48.2 Å². The van der Waals surface area contributed by atoms with Crippen molar-refractivity contribution in [2.75, 3.05) is 52.8 Å². The zero-order chi connectivity index (χ0) is 26.5. The van der Waals surface area contributed by atoms with E-state index in [4.69, 9.17) is 14.2 Å². The van der Waals surface area contributed by atoms with Crippen molar-refractivity contribution in [1.82, 2.24) is 10.2 Å². The molecule has 2 aromatic rings. The van der Waals surface area contributed by atoms with Crippen LogP contribution in [0.1, 0.15) is 43.4 Å². The molecule has 200 valence electrons. The Morgan fingerprint density at radius 1 is 1.11 bits per heavy atom. The Bertz CT molecular complexity index is 1200. The van der Waals surface area contributed by atoms with Gasteiger partial charge in [-0.3, -0.25) is 14.5 Å². The Hall–Kier alpha value is -3.30. The monoisotopic (exact) mass is 511 g/mol. The summed E-state index contributed by atoms with van der Waals surface area (Å²) in [6.45, 7) is 4.40. The molecule has 1 fully saturated rings. The van der Waals surface area contributed by atoms with Crippen LogP contribution >= 0.6 is 0 Å². The second kappa shape index (κ2) is 11.8. The summed E-state index contributed by atoms with van der Waals surface area (Å²) in [4.78, 5) is 27.6. The van der Waals surface area contributed by atoms with E-state index in [0.29, 0.717) is 48.9 Å². The third-order valence-electron chi connectivity index (χ3n) is 7.14. The van der Waals surface area contributed by atoms with E-state index in [9.17, 15) is 14.7 Å². The van der Waals surface area contributed by atoms with Crippen molar-refractivity contribution in [1.29, 1.82) is 0 Å². The van der Waals surface area contributed by atoms with Crippen LogP contribution in [0.25, 0.3) is 11.1 Å². The fourth-order valence-corrected chi connectivity index (χ4v) is 5.44. The van der Waals surface area contributed by atoms with E-state index in [1.807, 2.05) is 12.1 Å². The van der Waals surface area contributed by atoms with Crippen LogP contribution in [-0.2, 0) is 11.2 Å². The Balaban J connectivity index is 1.77. The molecule has 2 aliphatic rings. The highest BCUT2D eigenvalue weighted by Gasteiger charge is 2.29. The summed E-state index contributed by atoms with van der Waals surface area (Å²) < 4.78 is 17.0. The molecule has 4 rings (SSSR count). The van der Waals surface area contributed by atoms with Crippen LogP contribution in [-0.4, -0.2) is 69.5 Å². The van der Waals surface area contributed by atoms with E-state index < -0.39 is 0 Å². The molecule has 9 heteroatoms. The smallest absolute Gasteiger partial charge is 0.217 e. The number of hydrogen-bond donors (Lipinski definition) is 3. The number of hydrogen-bond acceptors (Lipinski definition) is 8. The lowest BCUT2D eigenvalue weighted by Gasteiger charge is -2.29. The highest BCUT2D eigenvalue weighted by molar-refractivity contribution is 5.83. The summed E-state index contributed by atoms with van der Waals surface area (Å²) in [7, 11) is 4.73. The first-order valence-electron chi connectivity index (χ1n) is 12.8. The number of fused-ring (bicyclic) bond motifs is 3. The van der Waals surface area contributed by atoms with Crippen LogP contribution in [0.5, 0.6) is 17.2 Å². The number of benzene rings is 1. The van der Waals surface area contributed by atoms with Crippen molar-refractivity contribution >= 4 is 11.6 Å². The molecule has 3 N–H and O–H groups in total. The minimum atomic E-state index is -0.343. The maximum atomic E-state index is 13.4. The number of amides is 1. The number of methoxy groups -OCH3 is 3. The van der Waals surface area contributed by atoms with Gasteiger partial charge >= 0.3 is 0 Å². The number of likely N-dealkylation sites (tertiary alicyclic amines) is 1. The normalized spacial score (nSPS) is 19.2. The molecular formula is C28H37N3O6. The molecule has 9 nitrogen and oxygen atoms in total. The summed E-state index contributed by atoms with van der Waals surface area (Å²) in [5.41, 5.74) is 3.67. The van der Waals surface area contributed by atoms with E-state index in [1.54, 1.807) is 33.5 Å². The van der Waals surface area contributed by atoms with Gasteiger partial charge in [-0.25, -0.2) is 0 Å². The predicted molar refractivity (Wildman–Crippen MR) is 143 cm³/mol. The minimum Gasteiger partial charge on any atom is -0.493 e. The van der Waals surface area contributed by atoms with Crippen LogP contribution in [0, 0.1) is 0 Å². The van der Waals surface area contributed by atoms with Gasteiger partial charge in [0.25, 0.3) is 0 Å². The number of carbonyl (C=O) groups is 1. The topological polar surface area (TPSA) is 109 Å². The summed E-state index contributed by atoms with van der Waals surface area (Å²) in [6.07, 6.45) is 2.79. The van der Waals surface area contributed by atoms with Gasteiger partial charge in [-0.15, -0.1) is 0 Å². The molecule has 1 amide bonds. The van der Waals surface area contributed by atoms with E-state index in [-0.39, 0.29) is 23.5 Å². The van der Waals surface area contributed by atoms with Gasteiger partial charge in [-0.1, -0.05) is 6.07 Å². The number of piperidine rings is 1. The second-order valence-corrected chi connectivity index (χ2v) is 9.62. The van der Waals surface area contributed by atoms with Crippen molar-refractivity contribution in [3.05, 3.63) is 45.6 Å². The first-order chi connectivity index (χ1) is 17.9. The molecule has 0 saturated carbocycles. The molecule has 0 radical (unpaired) electrons. The van der Waals surface area contributed by atoms with Gasteiger partial charge in [0.15, 0.2) is 11.5 Å². The number of aliphatic hydroxyl groups excluding tert-OH is 1. The van der Waals surface area contributed by atoms with Crippen LogP contribution < -0.4 is 30.3 Å². The largest absolute Gasteiger partial charge is 0.493 e. The lowest BCUT2D eigenvalue weighted by molar-refractivity contribution is -0.119. The Kier molecular flexibility index (Phi) is 8.56. The van der Waals surface area contributed by atoms with Gasteiger partial charge in [0.1, 0.15) is 0 Å². The summed E-state index contributed by atoms with van der Waals surface area (Å²) >= 11 is 0. The number of carbonyl (C=O) groups excluding carboxylic acids is 1. The predicted octanol–water partition coefficient (Wildman–Crippen LogP) is 2.73. The van der Waals surface area contributed by atoms with E-state index >= 15 is 0 Å². The van der Waals surface area contributed by atoms with Crippen molar-refractivity contribution in [3.8, 4) is 28.4 Å². The molecule has 0 bridgehead atoms. The van der Waals surface area contributed by atoms with Crippen LogP contribution in [0.3, 0.4) is 0 Å². The summed E-state index contributed by atoms with van der Waals surface area (Å²) in [5, 5.41) is 16.2. The molecule has 1 aliphatic heterocycles. The molecule has 0 spiro atoms. The number of nitrogens with one attached hydrogen (secondary N) is 2. The highest BCUT2D eigenvalue weighted by atomic mass is 16.5. The zero-order valence-electron chi connectivity index (χ0n) is 22.1. The molecule has 1 aliphatic carbocycles. The lowest BCUT2D eigenvalue weighted by atomic mass is 9.95.